The van der Waals surface area contributed by atoms with E-state index >= 15 is 0 Å². The Hall–Kier alpha value is -2.24. The minimum absolute atomic E-state index is 0.193. The summed E-state index contributed by atoms with van der Waals surface area (Å²) in [7, 11) is 0. The molecule has 2 rings (SSSR count). The van der Waals surface area contributed by atoms with E-state index in [4.69, 9.17) is 9.47 Å². The van der Waals surface area contributed by atoms with Crippen LogP contribution in [0.25, 0.3) is 0 Å². The second-order valence-corrected chi connectivity index (χ2v) is 7.29. The first-order chi connectivity index (χ1) is 11.0. The molecule has 1 saturated heterocycles. The minimum atomic E-state index is -1.05. The number of nitrogens with zero attached hydrogens (tertiary/aromatic N) is 1. The van der Waals surface area contributed by atoms with E-state index < -0.39 is 23.7 Å². The van der Waals surface area contributed by atoms with Gasteiger partial charge in [-0.3, -0.25) is 4.90 Å². The van der Waals surface area contributed by atoms with Crippen molar-refractivity contribution in [1.82, 2.24) is 4.90 Å². The summed E-state index contributed by atoms with van der Waals surface area (Å²) in [6.45, 7) is 9.39. The average Bonchev–Trinajstić information content (AvgIpc) is 2.79. The van der Waals surface area contributed by atoms with Crippen molar-refractivity contribution in [3.63, 3.8) is 0 Å². The Bertz CT molecular complexity index is 615. The van der Waals surface area contributed by atoms with Crippen LogP contribution >= 0.6 is 0 Å². The van der Waals surface area contributed by atoms with Crippen LogP contribution < -0.4 is 4.74 Å². The summed E-state index contributed by atoms with van der Waals surface area (Å²) in [6.07, 6.45) is -0.761. The molecule has 0 spiro atoms. The lowest BCUT2D eigenvalue weighted by Crippen LogP contribution is -2.43. The lowest BCUT2D eigenvalue weighted by Gasteiger charge is -2.26. The third-order valence-electron chi connectivity index (χ3n) is 3.67. The van der Waals surface area contributed by atoms with Crippen molar-refractivity contribution in [2.75, 3.05) is 6.54 Å². The van der Waals surface area contributed by atoms with Crippen LogP contribution in [0.1, 0.15) is 38.3 Å². The zero-order chi connectivity index (χ0) is 18.1. The third-order valence-corrected chi connectivity index (χ3v) is 3.67. The number of amides is 1. The van der Waals surface area contributed by atoms with Gasteiger partial charge in [-0.05, 0) is 57.9 Å². The van der Waals surface area contributed by atoms with Crippen LogP contribution in [0.15, 0.2) is 18.2 Å². The highest BCUT2D eigenvalue weighted by Gasteiger charge is 2.42. The number of likely N-dealkylation sites (tertiary alicyclic amines) is 1. The van der Waals surface area contributed by atoms with Crippen molar-refractivity contribution >= 4 is 12.1 Å². The number of carbonyl (C=O) groups excluding carboxylic acids is 1. The largest absolute Gasteiger partial charge is 0.488 e. The molecule has 1 heterocycles. The topological polar surface area (TPSA) is 76.1 Å². The van der Waals surface area contributed by atoms with Gasteiger partial charge in [0.15, 0.2) is 0 Å². The van der Waals surface area contributed by atoms with Crippen molar-refractivity contribution in [3.8, 4) is 5.75 Å². The van der Waals surface area contributed by atoms with Gasteiger partial charge < -0.3 is 14.6 Å². The van der Waals surface area contributed by atoms with Gasteiger partial charge in [0.2, 0.25) is 0 Å². The lowest BCUT2D eigenvalue weighted by atomic mass is 10.1. The monoisotopic (exact) mass is 335 g/mol. The van der Waals surface area contributed by atoms with Crippen molar-refractivity contribution in [1.29, 1.82) is 0 Å². The van der Waals surface area contributed by atoms with Crippen molar-refractivity contribution < 1.29 is 24.2 Å². The number of rotatable bonds is 3. The van der Waals surface area contributed by atoms with Gasteiger partial charge in [-0.15, -0.1) is 0 Å². The van der Waals surface area contributed by atoms with Crippen LogP contribution in [0.4, 0.5) is 4.79 Å². The van der Waals surface area contributed by atoms with E-state index in [-0.39, 0.29) is 19.1 Å². The molecule has 1 aliphatic rings. The summed E-state index contributed by atoms with van der Waals surface area (Å²) in [5, 5.41) is 9.40. The minimum Gasteiger partial charge on any atom is -0.488 e. The molecule has 6 heteroatoms. The number of carboxylic acids is 1. The summed E-state index contributed by atoms with van der Waals surface area (Å²) in [5.41, 5.74) is 1.47. The predicted octanol–water partition coefficient (Wildman–Crippen LogP) is 3.14. The molecule has 0 radical (unpaired) electrons. The standard InChI is InChI=1S/C18H25NO5/c1-11-6-12(2)8-13(7-11)23-14-9-15(16(20)21)19(10-14)17(22)24-18(3,4)5/h6-8,14-15H,9-10H2,1-5H3,(H,20,21). The Labute approximate surface area is 142 Å². The Morgan fingerprint density at radius 3 is 2.25 bits per heavy atom. The number of carbonyl (C=O) groups is 2. The molecule has 1 amide bonds. The SMILES string of the molecule is Cc1cc(C)cc(OC2CC(C(=O)O)N(C(=O)OC(C)(C)C)C2)c1. The fourth-order valence-corrected chi connectivity index (χ4v) is 2.83. The average molecular weight is 335 g/mol. The second kappa shape index (κ2) is 6.71. The molecule has 1 aromatic carbocycles. The molecule has 1 aliphatic heterocycles. The highest BCUT2D eigenvalue weighted by atomic mass is 16.6. The molecular formula is C18H25NO5. The summed E-state index contributed by atoms with van der Waals surface area (Å²) in [6, 6.07) is 4.91. The maximum absolute atomic E-state index is 12.3. The maximum Gasteiger partial charge on any atom is 0.411 e. The summed E-state index contributed by atoms with van der Waals surface area (Å²) < 4.78 is 11.2. The molecule has 1 fully saturated rings. The Kier molecular flexibility index (Phi) is 5.06. The molecule has 6 nitrogen and oxygen atoms in total. The first kappa shape index (κ1) is 18.1. The number of benzene rings is 1. The van der Waals surface area contributed by atoms with Gasteiger partial charge in [-0.1, -0.05) is 6.07 Å². The number of hydrogen-bond donors (Lipinski definition) is 1. The Morgan fingerprint density at radius 2 is 1.75 bits per heavy atom. The normalized spacial score (nSPS) is 20.8. The quantitative estimate of drug-likeness (QED) is 0.918. The molecule has 1 N–H and O–H groups in total. The lowest BCUT2D eigenvalue weighted by molar-refractivity contribution is -0.142. The molecule has 132 valence electrons. The van der Waals surface area contributed by atoms with Gasteiger partial charge in [0, 0.05) is 6.42 Å². The van der Waals surface area contributed by atoms with E-state index in [1.165, 1.54) is 4.90 Å². The van der Waals surface area contributed by atoms with E-state index in [1.807, 2.05) is 32.0 Å². The molecule has 0 aromatic heterocycles. The number of aliphatic carboxylic acids is 1. The number of hydrogen-bond acceptors (Lipinski definition) is 4. The maximum atomic E-state index is 12.3. The van der Waals surface area contributed by atoms with Gasteiger partial charge in [0.1, 0.15) is 23.5 Å². The third kappa shape index (κ3) is 4.63. The Balaban J connectivity index is 2.11. The van der Waals surface area contributed by atoms with Gasteiger partial charge in [0.25, 0.3) is 0 Å². The molecule has 2 atom stereocenters. The number of carboxylic acid groups (broad SMARTS) is 1. The molecule has 0 saturated carbocycles. The van der Waals surface area contributed by atoms with Crippen LogP contribution in [0.5, 0.6) is 5.75 Å². The smallest absolute Gasteiger partial charge is 0.411 e. The van der Waals surface area contributed by atoms with Crippen molar-refractivity contribution in [3.05, 3.63) is 29.3 Å². The van der Waals surface area contributed by atoms with Crippen molar-refractivity contribution in [2.24, 2.45) is 0 Å². The van der Waals surface area contributed by atoms with E-state index in [2.05, 4.69) is 0 Å². The molecule has 2 unspecified atom stereocenters. The number of aryl methyl sites for hydroxylation is 2. The molecule has 0 aliphatic carbocycles. The fraction of sp³-hybridized carbons (Fsp3) is 0.556. The van der Waals surface area contributed by atoms with Gasteiger partial charge in [0.05, 0.1) is 6.54 Å². The van der Waals surface area contributed by atoms with Crippen molar-refractivity contribution in [2.45, 2.75) is 58.8 Å². The summed E-state index contributed by atoms with van der Waals surface area (Å²) in [5.74, 6) is -0.361. The van der Waals surface area contributed by atoms with Crippen LogP contribution in [0, 0.1) is 13.8 Å². The molecule has 24 heavy (non-hydrogen) atoms. The summed E-state index contributed by atoms with van der Waals surface area (Å²) in [4.78, 5) is 25.0. The predicted molar refractivity (Wildman–Crippen MR) is 89.3 cm³/mol. The van der Waals surface area contributed by atoms with Crippen LogP contribution in [0.3, 0.4) is 0 Å². The fourth-order valence-electron chi connectivity index (χ4n) is 2.83. The second-order valence-electron chi connectivity index (χ2n) is 7.29. The van der Waals surface area contributed by atoms with E-state index in [1.54, 1.807) is 20.8 Å². The highest BCUT2D eigenvalue weighted by Crippen LogP contribution is 2.26. The van der Waals surface area contributed by atoms with E-state index in [0.29, 0.717) is 5.75 Å². The highest BCUT2D eigenvalue weighted by molar-refractivity contribution is 5.81. The van der Waals surface area contributed by atoms with Gasteiger partial charge in [-0.2, -0.15) is 0 Å². The molecule has 1 aromatic rings. The Morgan fingerprint density at radius 1 is 1.17 bits per heavy atom. The van der Waals surface area contributed by atoms with Gasteiger partial charge in [-0.25, -0.2) is 9.59 Å². The first-order valence-electron chi connectivity index (χ1n) is 8.02. The van der Waals surface area contributed by atoms with Crippen LogP contribution in [0.2, 0.25) is 0 Å². The first-order valence-corrected chi connectivity index (χ1v) is 8.02. The molecule has 0 bridgehead atoms. The van der Waals surface area contributed by atoms with Crippen LogP contribution in [-0.4, -0.2) is 46.4 Å². The van der Waals surface area contributed by atoms with Crippen LogP contribution in [-0.2, 0) is 9.53 Å². The summed E-state index contributed by atoms with van der Waals surface area (Å²) >= 11 is 0. The molecular weight excluding hydrogens is 310 g/mol. The van der Waals surface area contributed by atoms with E-state index in [9.17, 15) is 14.7 Å². The van der Waals surface area contributed by atoms with Gasteiger partial charge >= 0.3 is 12.1 Å². The zero-order valence-corrected chi connectivity index (χ0v) is 14.8. The van der Waals surface area contributed by atoms with E-state index in [0.717, 1.165) is 11.1 Å². The number of ether oxygens (including phenoxy) is 2. The zero-order valence-electron chi connectivity index (χ0n) is 14.8.